The second kappa shape index (κ2) is 11.4. The molecule has 1 N–H and O–H groups in total. The summed E-state index contributed by atoms with van der Waals surface area (Å²) >= 11 is 5.94. The van der Waals surface area contributed by atoms with Crippen LogP contribution in [0, 0.1) is 5.82 Å². The van der Waals surface area contributed by atoms with Crippen molar-refractivity contribution in [3.05, 3.63) is 82.2 Å². The van der Waals surface area contributed by atoms with Gasteiger partial charge in [-0.05, 0) is 62.2 Å². The Labute approximate surface area is 231 Å². The number of benzene rings is 2. The Balaban J connectivity index is 1.27. The summed E-state index contributed by atoms with van der Waals surface area (Å²) in [6.07, 6.45) is 6.20. The minimum atomic E-state index is -1.28. The van der Waals surface area contributed by atoms with Gasteiger partial charge in [-0.3, -0.25) is 4.90 Å². The largest absolute Gasteiger partial charge is 0.478 e. The van der Waals surface area contributed by atoms with Gasteiger partial charge >= 0.3 is 5.97 Å². The quantitative estimate of drug-likeness (QED) is 0.352. The average molecular weight is 556 g/mol. The number of likely N-dealkylation sites (tertiary alicyclic amines) is 1. The van der Waals surface area contributed by atoms with Gasteiger partial charge in [0.2, 0.25) is 0 Å². The molecule has 0 bridgehead atoms. The highest BCUT2D eigenvalue weighted by molar-refractivity contribution is 6.30. The monoisotopic (exact) mass is 555 g/mol. The Morgan fingerprint density at radius 3 is 2.79 bits per heavy atom. The van der Waals surface area contributed by atoms with Crippen molar-refractivity contribution in [3.8, 4) is 11.5 Å². The number of rotatable bonds is 9. The summed E-state index contributed by atoms with van der Waals surface area (Å²) < 4.78 is 34.4. The number of methoxy groups -OCH3 is 1. The summed E-state index contributed by atoms with van der Waals surface area (Å²) in [7, 11) is 1.64. The standard InChI is InChI=1S/C29H31ClFN3O5/c1-29(23-8-6-20(30)16-24(23)31)38-25-5-3-4-22(28(25)39-29)19-10-12-33(13-11-19)18-26-32-17-21(7-9-27(35)36)34(26)14-15-37-2/h3-9,16-17,19H,10-15,18H2,1-2H3,(H,35,36). The number of carboxylic acids is 1. The highest BCUT2D eigenvalue weighted by Crippen LogP contribution is 2.49. The summed E-state index contributed by atoms with van der Waals surface area (Å²) in [5.74, 6) is -0.351. The summed E-state index contributed by atoms with van der Waals surface area (Å²) in [5, 5.41) is 9.32. The molecular formula is C29H31ClFN3O5. The van der Waals surface area contributed by atoms with Gasteiger partial charge in [0.15, 0.2) is 11.5 Å². The number of piperidine rings is 1. The zero-order valence-corrected chi connectivity index (χ0v) is 22.7. The Bertz CT molecular complexity index is 1390. The SMILES string of the molecule is COCCn1c(C=CC(=O)O)cnc1CN1CCC(c2cccc3c2OC(C)(c2ccc(Cl)cc2F)O3)CC1. The van der Waals surface area contributed by atoms with Crippen molar-refractivity contribution >= 4 is 23.6 Å². The number of hydrogen-bond donors (Lipinski definition) is 1. The highest BCUT2D eigenvalue weighted by atomic mass is 35.5. The number of imidazole rings is 1. The van der Waals surface area contributed by atoms with E-state index in [1.54, 1.807) is 38.4 Å². The van der Waals surface area contributed by atoms with Crippen molar-refractivity contribution in [2.24, 2.45) is 0 Å². The fraction of sp³-hybridized carbons (Fsp3) is 0.379. The third-order valence-corrected chi connectivity index (χ3v) is 7.54. The number of ether oxygens (including phenoxy) is 3. The second-order valence-electron chi connectivity index (χ2n) is 9.91. The smallest absolute Gasteiger partial charge is 0.328 e. The minimum absolute atomic E-state index is 0.263. The molecule has 1 unspecified atom stereocenters. The number of halogens is 2. The molecule has 10 heteroatoms. The lowest BCUT2D eigenvalue weighted by Gasteiger charge is -2.32. The maximum absolute atomic E-state index is 14.7. The van der Waals surface area contributed by atoms with Crippen molar-refractivity contribution in [2.75, 3.05) is 26.8 Å². The van der Waals surface area contributed by atoms with E-state index < -0.39 is 17.6 Å². The molecular weight excluding hydrogens is 525 g/mol. The predicted molar refractivity (Wildman–Crippen MR) is 144 cm³/mol. The predicted octanol–water partition coefficient (Wildman–Crippen LogP) is 5.44. The maximum Gasteiger partial charge on any atom is 0.328 e. The van der Waals surface area contributed by atoms with Crippen molar-refractivity contribution in [3.63, 3.8) is 0 Å². The summed E-state index contributed by atoms with van der Waals surface area (Å²) in [4.78, 5) is 17.9. The topological polar surface area (TPSA) is 86.0 Å². The highest BCUT2D eigenvalue weighted by Gasteiger charge is 2.43. The minimum Gasteiger partial charge on any atom is -0.478 e. The zero-order chi connectivity index (χ0) is 27.6. The van der Waals surface area contributed by atoms with Gasteiger partial charge in [-0.25, -0.2) is 14.2 Å². The van der Waals surface area contributed by atoms with E-state index in [1.807, 2.05) is 16.7 Å². The van der Waals surface area contributed by atoms with Crippen molar-refractivity contribution in [1.82, 2.24) is 14.5 Å². The molecule has 0 amide bonds. The molecule has 1 fully saturated rings. The van der Waals surface area contributed by atoms with Crippen LogP contribution in [0.15, 0.2) is 48.7 Å². The van der Waals surface area contributed by atoms with Crippen molar-refractivity contribution < 1.29 is 28.5 Å². The van der Waals surface area contributed by atoms with E-state index in [0.717, 1.165) is 49.1 Å². The van der Waals surface area contributed by atoms with E-state index in [4.69, 9.17) is 30.9 Å². The third-order valence-electron chi connectivity index (χ3n) is 7.31. The number of carbonyl (C=O) groups is 1. The molecule has 0 aliphatic carbocycles. The molecule has 3 heterocycles. The summed E-state index contributed by atoms with van der Waals surface area (Å²) in [6.45, 7) is 5.17. The molecule has 0 saturated carbocycles. The fourth-order valence-electron chi connectivity index (χ4n) is 5.32. The van der Waals surface area contributed by atoms with Crippen LogP contribution < -0.4 is 9.47 Å². The van der Waals surface area contributed by atoms with Crippen molar-refractivity contribution in [1.29, 1.82) is 0 Å². The number of hydrogen-bond acceptors (Lipinski definition) is 6. The van der Waals surface area contributed by atoms with Crippen LogP contribution in [0.2, 0.25) is 5.02 Å². The first-order valence-corrected chi connectivity index (χ1v) is 13.3. The van der Waals surface area contributed by atoms with Gasteiger partial charge in [-0.2, -0.15) is 0 Å². The van der Waals surface area contributed by atoms with E-state index in [0.29, 0.717) is 41.8 Å². The van der Waals surface area contributed by atoms with E-state index in [1.165, 1.54) is 6.07 Å². The fourth-order valence-corrected chi connectivity index (χ4v) is 5.48. The molecule has 1 aromatic heterocycles. The summed E-state index contributed by atoms with van der Waals surface area (Å²) in [5.41, 5.74) is 2.09. The molecule has 1 atom stereocenters. The Hall–Kier alpha value is -3.40. The molecule has 206 valence electrons. The molecule has 2 aliphatic heterocycles. The zero-order valence-electron chi connectivity index (χ0n) is 21.9. The van der Waals surface area contributed by atoms with Gasteiger partial charge in [0.1, 0.15) is 11.6 Å². The van der Waals surface area contributed by atoms with Gasteiger partial charge < -0.3 is 23.9 Å². The van der Waals surface area contributed by atoms with Crippen LogP contribution in [0.3, 0.4) is 0 Å². The molecule has 2 aliphatic rings. The van der Waals surface area contributed by atoms with Gasteiger partial charge in [0.05, 0.1) is 30.6 Å². The van der Waals surface area contributed by atoms with Crippen LogP contribution in [0.1, 0.15) is 48.3 Å². The Morgan fingerprint density at radius 2 is 2.08 bits per heavy atom. The van der Waals surface area contributed by atoms with Crippen LogP contribution in [0.5, 0.6) is 11.5 Å². The first-order valence-electron chi connectivity index (χ1n) is 12.9. The van der Waals surface area contributed by atoms with Crippen LogP contribution in [-0.2, 0) is 28.4 Å². The van der Waals surface area contributed by atoms with Crippen LogP contribution in [-0.4, -0.2) is 52.3 Å². The number of aliphatic carboxylic acids is 1. The average Bonchev–Trinajstić information content (AvgIpc) is 3.46. The van der Waals surface area contributed by atoms with Crippen LogP contribution in [0.25, 0.3) is 6.08 Å². The van der Waals surface area contributed by atoms with Gasteiger partial charge in [0, 0.05) is 37.2 Å². The number of para-hydroxylation sites is 1. The molecule has 2 aromatic carbocycles. The third kappa shape index (κ3) is 5.80. The van der Waals surface area contributed by atoms with E-state index in [-0.39, 0.29) is 5.92 Å². The van der Waals surface area contributed by atoms with E-state index >= 15 is 0 Å². The van der Waals surface area contributed by atoms with Gasteiger partial charge in [-0.1, -0.05) is 23.7 Å². The first-order chi connectivity index (χ1) is 18.8. The number of carboxylic acid groups (broad SMARTS) is 1. The van der Waals surface area contributed by atoms with Gasteiger partial charge in [-0.15, -0.1) is 0 Å². The molecule has 3 aromatic rings. The number of nitrogens with zero attached hydrogens (tertiary/aromatic N) is 3. The lowest BCUT2D eigenvalue weighted by molar-refractivity contribution is -0.131. The number of fused-ring (bicyclic) bond motifs is 1. The molecule has 8 nitrogen and oxygen atoms in total. The lowest BCUT2D eigenvalue weighted by Crippen LogP contribution is -2.34. The molecule has 0 radical (unpaired) electrons. The second-order valence-corrected chi connectivity index (χ2v) is 10.4. The van der Waals surface area contributed by atoms with E-state index in [2.05, 4.69) is 16.0 Å². The first kappa shape index (κ1) is 27.2. The lowest BCUT2D eigenvalue weighted by atomic mass is 9.88. The molecule has 39 heavy (non-hydrogen) atoms. The molecule has 0 spiro atoms. The van der Waals surface area contributed by atoms with E-state index in [9.17, 15) is 9.18 Å². The van der Waals surface area contributed by atoms with Crippen LogP contribution >= 0.6 is 11.6 Å². The Kier molecular flexibility index (Phi) is 7.93. The Morgan fingerprint density at radius 1 is 1.28 bits per heavy atom. The van der Waals surface area contributed by atoms with Crippen LogP contribution in [0.4, 0.5) is 4.39 Å². The maximum atomic E-state index is 14.7. The van der Waals surface area contributed by atoms with Crippen molar-refractivity contribution in [2.45, 2.75) is 44.6 Å². The molecule has 1 saturated heterocycles. The summed E-state index contributed by atoms with van der Waals surface area (Å²) in [6, 6.07) is 10.4. The number of aromatic nitrogens is 2. The van der Waals surface area contributed by atoms with Gasteiger partial charge in [0.25, 0.3) is 5.79 Å². The molecule has 5 rings (SSSR count). The normalized spacial score (nSPS) is 19.7.